The molecular weight excluding hydrogens is 334 g/mol. The van der Waals surface area contributed by atoms with Crippen LogP contribution in [0, 0.1) is 0 Å². The maximum Gasteiger partial charge on any atom is 0.417 e. The Morgan fingerprint density at radius 1 is 1.29 bits per heavy atom. The highest BCUT2D eigenvalue weighted by Crippen LogP contribution is 2.17. The van der Waals surface area contributed by atoms with Gasteiger partial charge in [-0.15, -0.1) is 0 Å². The number of rotatable bonds is 4. The van der Waals surface area contributed by atoms with Crippen molar-refractivity contribution in [2.24, 2.45) is 0 Å². The van der Waals surface area contributed by atoms with Crippen LogP contribution < -0.4 is 10.5 Å². The second kappa shape index (κ2) is 6.40. The Morgan fingerprint density at radius 3 is 2.71 bits per heavy atom. The molecule has 1 aromatic carbocycles. The average molecular weight is 353 g/mol. The Hall–Kier alpha value is -2.13. The fourth-order valence-electron chi connectivity index (χ4n) is 2.83. The van der Waals surface area contributed by atoms with E-state index in [0.717, 1.165) is 19.3 Å². The maximum atomic E-state index is 12.5. The summed E-state index contributed by atoms with van der Waals surface area (Å²) in [6, 6.07) is 3.20. The molecule has 24 heavy (non-hydrogen) atoms. The molecule has 1 atom stereocenters. The first-order valence-corrected chi connectivity index (χ1v) is 9.29. The number of fused-ring (bicyclic) bond motifs is 1. The minimum Gasteiger partial charge on any atom is -0.408 e. The molecule has 1 aliphatic heterocycles. The number of oxazole rings is 1. The number of carbonyl (C=O) groups excluding carboxylic acids is 1. The number of likely N-dealkylation sites (tertiary alicyclic amines) is 1. The van der Waals surface area contributed by atoms with E-state index < -0.39 is 21.8 Å². The van der Waals surface area contributed by atoms with Crippen molar-refractivity contribution in [1.82, 2.24) is 14.6 Å². The number of amides is 1. The average Bonchev–Trinajstić information content (AvgIpc) is 2.93. The molecule has 0 unspecified atom stereocenters. The first-order chi connectivity index (χ1) is 11.4. The lowest BCUT2D eigenvalue weighted by Crippen LogP contribution is -2.48. The van der Waals surface area contributed by atoms with Gasteiger partial charge in [-0.05, 0) is 38.3 Å². The van der Waals surface area contributed by atoms with Gasteiger partial charge < -0.3 is 9.32 Å². The number of hydrogen-bond acceptors (Lipinski definition) is 5. The number of aromatic nitrogens is 1. The van der Waals surface area contributed by atoms with Gasteiger partial charge >= 0.3 is 5.76 Å². The van der Waals surface area contributed by atoms with Crippen LogP contribution in [0.1, 0.15) is 26.2 Å². The second-order valence-corrected chi connectivity index (χ2v) is 7.62. The molecule has 8 nitrogen and oxygen atoms in total. The van der Waals surface area contributed by atoms with Crippen LogP contribution in [0.2, 0.25) is 0 Å². The van der Waals surface area contributed by atoms with Gasteiger partial charge in [-0.1, -0.05) is 0 Å². The highest BCUT2D eigenvalue weighted by atomic mass is 32.2. The summed E-state index contributed by atoms with van der Waals surface area (Å²) in [5, 5.41) is 0. The monoisotopic (exact) mass is 353 g/mol. The molecule has 130 valence electrons. The standard InChI is InChI=1S/C15H19N3O5S/c1-10(14(19)18-7-3-2-4-8-18)17-24(21,22)11-5-6-12-13(9-11)23-15(20)16-12/h5-6,9-10,17H,2-4,7-8H2,1H3,(H,16,20)/t10-/m0/s1. The van der Waals surface area contributed by atoms with Crippen LogP contribution in [0.4, 0.5) is 0 Å². The van der Waals surface area contributed by atoms with Gasteiger partial charge in [0.05, 0.1) is 16.5 Å². The molecule has 1 fully saturated rings. The van der Waals surface area contributed by atoms with E-state index in [0.29, 0.717) is 18.6 Å². The van der Waals surface area contributed by atoms with Crippen molar-refractivity contribution >= 4 is 27.0 Å². The number of nitrogens with zero attached hydrogens (tertiary/aromatic N) is 1. The van der Waals surface area contributed by atoms with E-state index in [1.165, 1.54) is 25.1 Å². The fourth-order valence-corrected chi connectivity index (χ4v) is 4.04. The van der Waals surface area contributed by atoms with E-state index in [1.807, 2.05) is 0 Å². The second-order valence-electron chi connectivity index (χ2n) is 5.90. The van der Waals surface area contributed by atoms with E-state index in [2.05, 4.69) is 9.71 Å². The quantitative estimate of drug-likeness (QED) is 0.844. The van der Waals surface area contributed by atoms with Crippen LogP contribution in [-0.4, -0.2) is 43.3 Å². The van der Waals surface area contributed by atoms with Gasteiger partial charge in [0.1, 0.15) is 0 Å². The molecule has 1 aromatic heterocycles. The van der Waals surface area contributed by atoms with Gasteiger partial charge in [0.25, 0.3) is 0 Å². The summed E-state index contributed by atoms with van der Waals surface area (Å²) >= 11 is 0. The van der Waals surface area contributed by atoms with Crippen LogP contribution in [0.25, 0.3) is 11.1 Å². The molecule has 0 aliphatic carbocycles. The van der Waals surface area contributed by atoms with Gasteiger partial charge in [0.2, 0.25) is 15.9 Å². The Kier molecular flexibility index (Phi) is 4.46. The van der Waals surface area contributed by atoms with Crippen LogP contribution >= 0.6 is 0 Å². The summed E-state index contributed by atoms with van der Waals surface area (Å²) in [7, 11) is -3.90. The molecule has 0 bridgehead atoms. The minimum atomic E-state index is -3.90. The van der Waals surface area contributed by atoms with Gasteiger partial charge in [-0.3, -0.25) is 9.78 Å². The van der Waals surface area contributed by atoms with E-state index in [1.54, 1.807) is 4.90 Å². The number of carbonyl (C=O) groups is 1. The van der Waals surface area contributed by atoms with Crippen molar-refractivity contribution in [3.8, 4) is 0 Å². The van der Waals surface area contributed by atoms with Crippen molar-refractivity contribution in [1.29, 1.82) is 0 Å². The van der Waals surface area contributed by atoms with Gasteiger partial charge in [-0.2, -0.15) is 4.72 Å². The summed E-state index contributed by atoms with van der Waals surface area (Å²) in [4.78, 5) is 27.6. The lowest BCUT2D eigenvalue weighted by atomic mass is 10.1. The van der Waals surface area contributed by atoms with Crippen LogP contribution in [0.5, 0.6) is 0 Å². The third kappa shape index (κ3) is 3.36. The molecule has 0 spiro atoms. The Balaban J connectivity index is 1.78. The fraction of sp³-hybridized carbons (Fsp3) is 0.467. The molecule has 2 aromatic rings. The number of piperidine rings is 1. The molecule has 9 heteroatoms. The molecule has 3 rings (SSSR count). The van der Waals surface area contributed by atoms with Crippen molar-refractivity contribution in [2.45, 2.75) is 37.1 Å². The first kappa shape index (κ1) is 16.7. The topological polar surface area (TPSA) is 112 Å². The smallest absolute Gasteiger partial charge is 0.408 e. The van der Waals surface area contributed by atoms with E-state index in [9.17, 15) is 18.0 Å². The minimum absolute atomic E-state index is 0.0592. The summed E-state index contributed by atoms with van der Waals surface area (Å²) in [6.07, 6.45) is 2.97. The summed E-state index contributed by atoms with van der Waals surface area (Å²) < 4.78 is 32.2. The maximum absolute atomic E-state index is 12.5. The van der Waals surface area contributed by atoms with E-state index >= 15 is 0 Å². The molecule has 0 radical (unpaired) electrons. The molecule has 2 N–H and O–H groups in total. The largest absolute Gasteiger partial charge is 0.417 e. The van der Waals surface area contributed by atoms with Crippen LogP contribution in [0.3, 0.4) is 0 Å². The first-order valence-electron chi connectivity index (χ1n) is 7.81. The number of benzene rings is 1. The van der Waals surface area contributed by atoms with Crippen LogP contribution in [0.15, 0.2) is 32.3 Å². The molecule has 1 aliphatic rings. The molecule has 1 saturated heterocycles. The van der Waals surface area contributed by atoms with Crippen molar-refractivity contribution in [2.75, 3.05) is 13.1 Å². The number of nitrogens with one attached hydrogen (secondary N) is 2. The molecule has 0 saturated carbocycles. The number of aromatic amines is 1. The lowest BCUT2D eigenvalue weighted by Gasteiger charge is -2.29. The number of hydrogen-bond donors (Lipinski definition) is 2. The Labute approximate surface area is 138 Å². The SMILES string of the molecule is C[C@H](NS(=O)(=O)c1ccc2[nH]c(=O)oc2c1)C(=O)N1CCCCC1. The highest BCUT2D eigenvalue weighted by molar-refractivity contribution is 7.89. The molecule has 2 heterocycles. The van der Waals surface area contributed by atoms with Gasteiger partial charge in [0.15, 0.2) is 5.58 Å². The normalized spacial score (nSPS) is 17.1. The molecule has 1 amide bonds. The number of sulfonamides is 1. The van der Waals surface area contributed by atoms with Crippen LogP contribution in [-0.2, 0) is 14.8 Å². The number of H-pyrrole nitrogens is 1. The summed E-state index contributed by atoms with van der Waals surface area (Å²) in [5.74, 6) is -0.881. The predicted octanol–water partition coefficient (Wildman–Crippen LogP) is 0.800. The zero-order valence-electron chi connectivity index (χ0n) is 13.2. The summed E-state index contributed by atoms with van der Waals surface area (Å²) in [5.41, 5.74) is 0.564. The van der Waals surface area contributed by atoms with Crippen molar-refractivity contribution < 1.29 is 17.6 Å². The van der Waals surface area contributed by atoms with Crippen molar-refractivity contribution in [3.63, 3.8) is 0 Å². The Morgan fingerprint density at radius 2 is 2.00 bits per heavy atom. The zero-order chi connectivity index (χ0) is 17.3. The van der Waals surface area contributed by atoms with Gasteiger partial charge in [0, 0.05) is 19.2 Å². The lowest BCUT2D eigenvalue weighted by molar-refractivity contribution is -0.133. The third-order valence-electron chi connectivity index (χ3n) is 4.07. The zero-order valence-corrected chi connectivity index (χ0v) is 14.1. The van der Waals surface area contributed by atoms with E-state index in [4.69, 9.17) is 4.42 Å². The Bertz CT molecular complexity index is 909. The van der Waals surface area contributed by atoms with Crippen molar-refractivity contribution in [3.05, 3.63) is 28.7 Å². The van der Waals surface area contributed by atoms with Gasteiger partial charge in [-0.25, -0.2) is 13.2 Å². The van der Waals surface area contributed by atoms with E-state index in [-0.39, 0.29) is 16.4 Å². The highest BCUT2D eigenvalue weighted by Gasteiger charge is 2.27. The third-order valence-corrected chi connectivity index (χ3v) is 5.61. The predicted molar refractivity (Wildman–Crippen MR) is 87.0 cm³/mol. The molecular formula is C15H19N3O5S. The summed E-state index contributed by atoms with van der Waals surface area (Å²) in [6.45, 7) is 2.85.